The number of aryl methyl sites for hydroxylation is 1. The summed E-state index contributed by atoms with van der Waals surface area (Å²) < 4.78 is 0. The molecule has 0 bridgehead atoms. The van der Waals surface area contributed by atoms with Crippen LogP contribution in [-0.2, 0) is 0 Å². The molecule has 0 aromatic heterocycles. The van der Waals surface area contributed by atoms with Crippen LogP contribution in [0.25, 0.3) is 0 Å². The van der Waals surface area contributed by atoms with Crippen molar-refractivity contribution in [3.8, 4) is 0 Å². The van der Waals surface area contributed by atoms with Gasteiger partial charge in [-0.3, -0.25) is 0 Å². The van der Waals surface area contributed by atoms with Gasteiger partial charge in [0.1, 0.15) is 0 Å². The number of nitrogens with one attached hydrogen (secondary N) is 1. The molecular formula is C25H22N2. The monoisotopic (exact) mass is 350 g/mol. The van der Waals surface area contributed by atoms with Gasteiger partial charge in [-0.15, -0.1) is 0 Å². The van der Waals surface area contributed by atoms with Crippen molar-refractivity contribution < 1.29 is 0 Å². The van der Waals surface area contributed by atoms with Crippen LogP contribution >= 0.6 is 0 Å². The molecule has 1 N–H and O–H groups in total. The van der Waals surface area contributed by atoms with Gasteiger partial charge in [0, 0.05) is 28.4 Å². The molecule has 2 heteroatoms. The summed E-state index contributed by atoms with van der Waals surface area (Å²) in [5.41, 5.74) is 6.83. The van der Waals surface area contributed by atoms with Crippen molar-refractivity contribution in [1.29, 1.82) is 0 Å². The highest BCUT2D eigenvalue weighted by Gasteiger charge is 2.11. The van der Waals surface area contributed by atoms with Crippen LogP contribution in [0.15, 0.2) is 109 Å². The zero-order valence-electron chi connectivity index (χ0n) is 15.3. The summed E-state index contributed by atoms with van der Waals surface area (Å²) in [6, 6.07) is 37.8. The highest BCUT2D eigenvalue weighted by molar-refractivity contribution is 5.77. The van der Waals surface area contributed by atoms with E-state index in [1.165, 1.54) is 5.56 Å². The average molecular weight is 350 g/mol. The predicted octanol–water partition coefficient (Wildman–Crippen LogP) is 7.21. The lowest BCUT2D eigenvalue weighted by Gasteiger charge is -2.25. The second-order valence-corrected chi connectivity index (χ2v) is 6.55. The molecule has 132 valence electrons. The van der Waals surface area contributed by atoms with Crippen molar-refractivity contribution in [3.05, 3.63) is 115 Å². The average Bonchev–Trinajstić information content (AvgIpc) is 2.71. The minimum atomic E-state index is 1.07. The summed E-state index contributed by atoms with van der Waals surface area (Å²) in [5, 5.41) is 3.47. The molecule has 0 aliphatic rings. The van der Waals surface area contributed by atoms with Crippen molar-refractivity contribution in [2.75, 3.05) is 10.2 Å². The van der Waals surface area contributed by atoms with Crippen LogP contribution in [0.1, 0.15) is 5.56 Å². The molecule has 0 radical (unpaired) electrons. The molecule has 0 spiro atoms. The molecule has 0 saturated carbocycles. The number of benzene rings is 4. The van der Waals surface area contributed by atoms with Crippen LogP contribution in [0.5, 0.6) is 0 Å². The molecule has 4 rings (SSSR count). The number of hydrogen-bond donors (Lipinski definition) is 1. The van der Waals surface area contributed by atoms with Gasteiger partial charge in [-0.1, -0.05) is 48.5 Å². The van der Waals surface area contributed by atoms with E-state index in [1.807, 2.05) is 12.1 Å². The Morgan fingerprint density at radius 2 is 1.07 bits per heavy atom. The van der Waals surface area contributed by atoms with Crippen LogP contribution in [-0.4, -0.2) is 0 Å². The summed E-state index contributed by atoms with van der Waals surface area (Å²) in [4.78, 5) is 2.26. The molecule has 27 heavy (non-hydrogen) atoms. The summed E-state index contributed by atoms with van der Waals surface area (Å²) in [5.74, 6) is 0. The molecule has 4 aromatic rings. The summed E-state index contributed by atoms with van der Waals surface area (Å²) in [6.07, 6.45) is 0. The second kappa shape index (κ2) is 7.79. The highest BCUT2D eigenvalue weighted by Crippen LogP contribution is 2.34. The van der Waals surface area contributed by atoms with Gasteiger partial charge in [-0.05, 0) is 73.2 Å². The number of rotatable bonds is 5. The molecule has 0 saturated heterocycles. The van der Waals surface area contributed by atoms with Crippen LogP contribution < -0.4 is 10.2 Å². The fourth-order valence-electron chi connectivity index (χ4n) is 3.18. The highest BCUT2D eigenvalue weighted by atomic mass is 15.1. The lowest BCUT2D eigenvalue weighted by molar-refractivity contribution is 1.28. The Kier molecular flexibility index (Phi) is 4.88. The number of para-hydroxylation sites is 2. The lowest BCUT2D eigenvalue weighted by Crippen LogP contribution is -2.09. The van der Waals surface area contributed by atoms with Crippen molar-refractivity contribution in [1.82, 2.24) is 0 Å². The van der Waals surface area contributed by atoms with E-state index in [-0.39, 0.29) is 0 Å². The zero-order chi connectivity index (χ0) is 18.5. The van der Waals surface area contributed by atoms with E-state index < -0.39 is 0 Å². The largest absolute Gasteiger partial charge is 0.356 e. The summed E-state index contributed by atoms with van der Waals surface area (Å²) in [6.45, 7) is 2.10. The van der Waals surface area contributed by atoms with E-state index in [0.29, 0.717) is 0 Å². The van der Waals surface area contributed by atoms with E-state index in [2.05, 4.69) is 114 Å². The first-order valence-electron chi connectivity index (χ1n) is 9.13. The Bertz CT molecular complexity index is 954. The number of anilines is 5. The Morgan fingerprint density at radius 3 is 1.63 bits per heavy atom. The molecule has 0 aliphatic carbocycles. The van der Waals surface area contributed by atoms with Crippen LogP contribution in [0.2, 0.25) is 0 Å². The van der Waals surface area contributed by atoms with E-state index in [0.717, 1.165) is 28.4 Å². The molecule has 0 aliphatic heterocycles. The third kappa shape index (κ3) is 4.01. The third-order valence-corrected chi connectivity index (χ3v) is 4.46. The molecule has 2 nitrogen and oxygen atoms in total. The van der Waals surface area contributed by atoms with Crippen LogP contribution in [0, 0.1) is 6.92 Å². The minimum Gasteiger partial charge on any atom is -0.356 e. The topological polar surface area (TPSA) is 15.3 Å². The number of hydrogen-bond acceptors (Lipinski definition) is 2. The fourth-order valence-corrected chi connectivity index (χ4v) is 3.18. The first kappa shape index (κ1) is 16.9. The zero-order valence-corrected chi connectivity index (χ0v) is 15.3. The molecular weight excluding hydrogens is 328 g/mol. The Hall–Kier alpha value is -3.52. The maximum absolute atomic E-state index is 3.47. The minimum absolute atomic E-state index is 1.07. The second-order valence-electron chi connectivity index (χ2n) is 6.55. The van der Waals surface area contributed by atoms with E-state index in [9.17, 15) is 0 Å². The van der Waals surface area contributed by atoms with Crippen molar-refractivity contribution >= 4 is 28.4 Å². The summed E-state index contributed by atoms with van der Waals surface area (Å²) in [7, 11) is 0. The maximum atomic E-state index is 3.47. The van der Waals surface area contributed by atoms with E-state index >= 15 is 0 Å². The quantitative estimate of drug-likeness (QED) is 0.409. The fraction of sp³-hybridized carbons (Fsp3) is 0.0400. The van der Waals surface area contributed by atoms with Crippen molar-refractivity contribution in [2.45, 2.75) is 6.92 Å². The van der Waals surface area contributed by atoms with Crippen LogP contribution in [0.4, 0.5) is 28.4 Å². The predicted molar refractivity (Wildman–Crippen MR) is 116 cm³/mol. The maximum Gasteiger partial charge on any atom is 0.0463 e. The lowest BCUT2D eigenvalue weighted by atomic mass is 10.1. The Labute approximate surface area is 160 Å². The van der Waals surface area contributed by atoms with Gasteiger partial charge in [0.25, 0.3) is 0 Å². The normalized spacial score (nSPS) is 10.4. The first-order valence-corrected chi connectivity index (χ1v) is 9.13. The van der Waals surface area contributed by atoms with Gasteiger partial charge < -0.3 is 10.2 Å². The first-order chi connectivity index (χ1) is 13.3. The molecule has 0 atom stereocenters. The van der Waals surface area contributed by atoms with E-state index in [4.69, 9.17) is 0 Å². The van der Waals surface area contributed by atoms with Crippen molar-refractivity contribution in [3.63, 3.8) is 0 Å². The van der Waals surface area contributed by atoms with Gasteiger partial charge in [0.05, 0.1) is 0 Å². The molecule has 0 amide bonds. The third-order valence-electron chi connectivity index (χ3n) is 4.46. The Balaban J connectivity index is 1.65. The van der Waals surface area contributed by atoms with Gasteiger partial charge in [0.15, 0.2) is 0 Å². The molecule has 0 heterocycles. The van der Waals surface area contributed by atoms with Gasteiger partial charge in [-0.2, -0.15) is 0 Å². The van der Waals surface area contributed by atoms with Gasteiger partial charge in [-0.25, -0.2) is 0 Å². The molecule has 0 fully saturated rings. The van der Waals surface area contributed by atoms with Gasteiger partial charge >= 0.3 is 0 Å². The Morgan fingerprint density at radius 1 is 0.519 bits per heavy atom. The molecule has 4 aromatic carbocycles. The van der Waals surface area contributed by atoms with E-state index in [1.54, 1.807) is 0 Å². The van der Waals surface area contributed by atoms with Crippen molar-refractivity contribution in [2.24, 2.45) is 0 Å². The molecule has 0 unspecified atom stereocenters. The number of nitrogens with zero attached hydrogens (tertiary/aromatic N) is 1. The standard InChI is InChI=1S/C25H22N2/c1-20-9-8-10-22(19-20)26-21-15-17-25(18-16-21)27(23-11-4-2-5-12-23)24-13-6-3-7-14-24/h2-19,26H,1H3. The smallest absolute Gasteiger partial charge is 0.0463 e. The SMILES string of the molecule is Cc1cccc(Nc2ccc(N(c3ccccc3)c3ccccc3)cc2)c1. The van der Waals surface area contributed by atoms with Gasteiger partial charge in [0.2, 0.25) is 0 Å². The van der Waals surface area contributed by atoms with Crippen LogP contribution in [0.3, 0.4) is 0 Å². The summed E-state index contributed by atoms with van der Waals surface area (Å²) >= 11 is 0.